The molecule has 0 amide bonds. The van der Waals surface area contributed by atoms with E-state index in [9.17, 15) is 0 Å². The van der Waals surface area contributed by atoms with Gasteiger partial charge in [0.1, 0.15) is 11.5 Å². The Balaban J connectivity index is 0.000000251. The molecule has 0 heterocycles. The normalized spacial score (nSPS) is 13.0. The molecule has 0 atom stereocenters. The number of halogens is 2. The molecule has 1 aliphatic carbocycles. The lowest BCUT2D eigenvalue weighted by atomic mass is 9.65. The minimum Gasteiger partial charge on any atom is -0.497 e. The van der Waals surface area contributed by atoms with E-state index in [-0.39, 0.29) is 5.41 Å². The monoisotopic (exact) mass is 534 g/mol. The smallest absolute Gasteiger partial charge is 0.118 e. The molecule has 160 valence electrons. The molecule has 0 N–H and O–H groups in total. The van der Waals surface area contributed by atoms with Crippen molar-refractivity contribution in [2.45, 2.75) is 37.5 Å². The fraction of sp³-hybridized carbons (Fsp3) is 0.417. The molecule has 0 aliphatic heterocycles. The van der Waals surface area contributed by atoms with Crippen LogP contribution < -0.4 is 9.47 Å². The van der Waals surface area contributed by atoms with Gasteiger partial charge in [0, 0.05) is 10.7 Å². The van der Waals surface area contributed by atoms with Crippen molar-refractivity contribution >= 4 is 31.9 Å². The predicted octanol–water partition coefficient (Wildman–Crippen LogP) is 6.57. The number of hydrogen-bond donors (Lipinski definition) is 0. The lowest BCUT2D eigenvalue weighted by molar-refractivity contribution is 0.323. The van der Waals surface area contributed by atoms with E-state index in [4.69, 9.17) is 20.0 Å². The molecule has 4 nitrogen and oxygen atoms in total. The number of methoxy groups -OCH3 is 2. The Bertz CT molecular complexity index is 803. The van der Waals surface area contributed by atoms with E-state index in [1.165, 1.54) is 12.8 Å². The molecular formula is C24H28Br2N2O2. The largest absolute Gasteiger partial charge is 0.497 e. The average molecular weight is 536 g/mol. The van der Waals surface area contributed by atoms with Gasteiger partial charge in [0.2, 0.25) is 0 Å². The lowest BCUT2D eigenvalue weighted by Crippen LogP contribution is -2.32. The quantitative estimate of drug-likeness (QED) is 0.392. The van der Waals surface area contributed by atoms with Gasteiger partial charge in [-0.3, -0.25) is 0 Å². The van der Waals surface area contributed by atoms with E-state index in [0.717, 1.165) is 46.1 Å². The van der Waals surface area contributed by atoms with Gasteiger partial charge < -0.3 is 9.47 Å². The fourth-order valence-electron chi connectivity index (χ4n) is 2.79. The maximum absolute atomic E-state index is 9.14. The molecule has 0 bridgehead atoms. The number of ether oxygens (including phenoxy) is 2. The number of nitriles is 2. The predicted molar refractivity (Wildman–Crippen MR) is 129 cm³/mol. The second kappa shape index (κ2) is 14.9. The first kappa shape index (κ1) is 26.0. The van der Waals surface area contributed by atoms with E-state index >= 15 is 0 Å². The first-order valence-corrected chi connectivity index (χ1v) is 12.0. The minimum absolute atomic E-state index is 0.202. The molecule has 0 saturated heterocycles. The first-order chi connectivity index (χ1) is 14.6. The number of nitrogens with zero attached hydrogens (tertiary/aromatic N) is 2. The van der Waals surface area contributed by atoms with Crippen LogP contribution in [0, 0.1) is 22.7 Å². The summed E-state index contributed by atoms with van der Waals surface area (Å²) < 4.78 is 10.0. The van der Waals surface area contributed by atoms with Crippen molar-refractivity contribution in [3.05, 3.63) is 59.7 Å². The summed E-state index contributed by atoms with van der Waals surface area (Å²) in [5.41, 5.74) is 1.95. The number of benzene rings is 2. The van der Waals surface area contributed by atoms with E-state index in [0.29, 0.717) is 6.42 Å². The van der Waals surface area contributed by atoms with E-state index in [1.807, 2.05) is 48.5 Å². The molecule has 3 rings (SSSR count). The average Bonchev–Trinajstić information content (AvgIpc) is 2.76. The van der Waals surface area contributed by atoms with Crippen LogP contribution in [0.3, 0.4) is 0 Å². The summed E-state index contributed by atoms with van der Waals surface area (Å²) in [6.45, 7) is 0. The van der Waals surface area contributed by atoms with Crippen molar-refractivity contribution in [1.82, 2.24) is 0 Å². The molecule has 0 aromatic heterocycles. The zero-order chi connectivity index (χ0) is 22.2. The van der Waals surface area contributed by atoms with Crippen molar-refractivity contribution in [3.8, 4) is 23.6 Å². The van der Waals surface area contributed by atoms with Gasteiger partial charge in [0.25, 0.3) is 0 Å². The Morgan fingerprint density at radius 2 is 1.37 bits per heavy atom. The first-order valence-electron chi connectivity index (χ1n) is 9.76. The standard InChI is InChI=1S/C12H13NO.C9H9NO.C3H6Br2/c1-14-11-5-3-10(4-6-11)12(9-13)7-2-8-12;1-11-9-4-2-8(3-5-9)6-7-10;4-2-1-3-5/h3-6H,2,7-8H2,1H3;2-5H,6H2,1H3;1-3H2. The highest BCUT2D eigenvalue weighted by Gasteiger charge is 2.38. The molecule has 1 aliphatic rings. The topological polar surface area (TPSA) is 66.0 Å². The van der Waals surface area contributed by atoms with Gasteiger partial charge in [-0.1, -0.05) is 56.1 Å². The van der Waals surface area contributed by atoms with Crippen LogP contribution in [0.2, 0.25) is 0 Å². The second-order valence-corrected chi connectivity index (χ2v) is 8.28. The summed E-state index contributed by atoms with van der Waals surface area (Å²) >= 11 is 6.56. The van der Waals surface area contributed by atoms with Crippen LogP contribution in [0.1, 0.15) is 36.8 Å². The van der Waals surface area contributed by atoms with E-state index < -0.39 is 0 Å². The zero-order valence-corrected chi connectivity index (χ0v) is 20.7. The third-order valence-electron chi connectivity index (χ3n) is 4.77. The van der Waals surface area contributed by atoms with Crippen LogP contribution in [0.4, 0.5) is 0 Å². The van der Waals surface area contributed by atoms with Gasteiger partial charge in [-0.2, -0.15) is 10.5 Å². The maximum Gasteiger partial charge on any atom is 0.118 e. The van der Waals surface area contributed by atoms with Gasteiger partial charge in [-0.25, -0.2) is 0 Å². The van der Waals surface area contributed by atoms with Crippen LogP contribution in [0.15, 0.2) is 48.5 Å². The molecule has 6 heteroatoms. The zero-order valence-electron chi connectivity index (χ0n) is 17.5. The Hall–Kier alpha value is -2.02. The lowest BCUT2D eigenvalue weighted by Gasteiger charge is -2.35. The summed E-state index contributed by atoms with van der Waals surface area (Å²) in [5, 5.41) is 19.7. The van der Waals surface area contributed by atoms with Crippen molar-refractivity contribution < 1.29 is 9.47 Å². The third-order valence-corrected chi connectivity index (χ3v) is 5.89. The number of alkyl halides is 2. The van der Waals surface area contributed by atoms with Gasteiger partial charge in [0.15, 0.2) is 0 Å². The van der Waals surface area contributed by atoms with Crippen LogP contribution in [-0.2, 0) is 11.8 Å². The van der Waals surface area contributed by atoms with Crippen molar-refractivity contribution in [1.29, 1.82) is 10.5 Å². The van der Waals surface area contributed by atoms with Gasteiger partial charge in [-0.15, -0.1) is 0 Å². The molecule has 2 aromatic rings. The number of hydrogen-bond acceptors (Lipinski definition) is 4. The molecule has 0 spiro atoms. The Morgan fingerprint density at radius 1 is 0.867 bits per heavy atom. The van der Waals surface area contributed by atoms with E-state index in [2.05, 4.69) is 44.0 Å². The van der Waals surface area contributed by atoms with Gasteiger partial charge in [0.05, 0.1) is 38.2 Å². The summed E-state index contributed by atoms with van der Waals surface area (Å²) in [6, 6.07) is 19.8. The second-order valence-electron chi connectivity index (χ2n) is 6.69. The molecule has 2 aromatic carbocycles. The molecule has 0 unspecified atom stereocenters. The van der Waals surface area contributed by atoms with Crippen molar-refractivity contribution in [2.24, 2.45) is 0 Å². The van der Waals surface area contributed by atoms with Crippen LogP contribution in [0.5, 0.6) is 11.5 Å². The van der Waals surface area contributed by atoms with Crippen LogP contribution in [0.25, 0.3) is 0 Å². The van der Waals surface area contributed by atoms with Crippen LogP contribution >= 0.6 is 31.9 Å². The highest BCUT2D eigenvalue weighted by molar-refractivity contribution is 9.09. The highest BCUT2D eigenvalue weighted by Crippen LogP contribution is 2.43. The van der Waals surface area contributed by atoms with Gasteiger partial charge >= 0.3 is 0 Å². The number of rotatable bonds is 6. The Labute approximate surface area is 197 Å². The molecule has 30 heavy (non-hydrogen) atoms. The van der Waals surface area contributed by atoms with Crippen molar-refractivity contribution in [2.75, 3.05) is 24.9 Å². The maximum atomic E-state index is 9.14. The van der Waals surface area contributed by atoms with E-state index in [1.54, 1.807) is 14.2 Å². The van der Waals surface area contributed by atoms with Crippen LogP contribution in [-0.4, -0.2) is 24.9 Å². The van der Waals surface area contributed by atoms with Gasteiger partial charge in [-0.05, 0) is 61.1 Å². The fourth-order valence-corrected chi connectivity index (χ4v) is 4.10. The molecular weight excluding hydrogens is 508 g/mol. The highest BCUT2D eigenvalue weighted by atomic mass is 79.9. The Morgan fingerprint density at radius 3 is 1.67 bits per heavy atom. The molecule has 1 saturated carbocycles. The summed E-state index contributed by atoms with van der Waals surface area (Å²) in [5.74, 6) is 1.67. The third kappa shape index (κ3) is 8.38. The SMILES string of the molecule is BrCCCBr.COc1ccc(C2(C#N)CCC2)cc1.COc1ccc(CC#N)cc1. The molecule has 1 fully saturated rings. The Kier molecular flexibility index (Phi) is 12.9. The summed E-state index contributed by atoms with van der Waals surface area (Å²) in [4.78, 5) is 0. The van der Waals surface area contributed by atoms with Crippen molar-refractivity contribution in [3.63, 3.8) is 0 Å². The molecule has 0 radical (unpaired) electrons. The summed E-state index contributed by atoms with van der Waals surface area (Å²) in [7, 11) is 3.28. The minimum atomic E-state index is -0.202. The summed E-state index contributed by atoms with van der Waals surface area (Å²) in [6.07, 6.45) is 4.84.